The smallest absolute Gasteiger partial charge is 0.277 e. The first-order valence-electron chi connectivity index (χ1n) is 9.99. The molecule has 0 saturated heterocycles. The van der Waals surface area contributed by atoms with E-state index in [1.54, 1.807) is 36.3 Å². The lowest BCUT2D eigenvalue weighted by Crippen LogP contribution is -2.29. The van der Waals surface area contributed by atoms with Crippen molar-refractivity contribution in [2.75, 3.05) is 12.0 Å². The van der Waals surface area contributed by atoms with E-state index in [1.165, 1.54) is 12.1 Å². The number of amides is 1. The number of hydrogen-bond donors (Lipinski definition) is 1. The largest absolute Gasteiger partial charge is 0.497 e. The molecule has 1 aromatic heterocycles. The highest BCUT2D eigenvalue weighted by molar-refractivity contribution is 6.11. The van der Waals surface area contributed by atoms with Crippen LogP contribution in [-0.4, -0.2) is 23.2 Å². The highest BCUT2D eigenvalue weighted by Crippen LogP contribution is 2.45. The number of nitrogens with one attached hydrogen (secondary N) is 1. The third kappa shape index (κ3) is 3.12. The van der Waals surface area contributed by atoms with Gasteiger partial charge < -0.3 is 4.74 Å². The van der Waals surface area contributed by atoms with Crippen molar-refractivity contribution in [2.24, 2.45) is 0 Å². The van der Waals surface area contributed by atoms with Crippen LogP contribution in [0.4, 0.5) is 10.1 Å². The minimum Gasteiger partial charge on any atom is -0.497 e. The van der Waals surface area contributed by atoms with Crippen LogP contribution in [0.1, 0.15) is 33.2 Å². The summed E-state index contributed by atoms with van der Waals surface area (Å²) in [6, 6.07) is 20.4. The highest BCUT2D eigenvalue weighted by atomic mass is 19.1. The number of ether oxygens (including phenoxy) is 1. The minimum atomic E-state index is -0.481. The van der Waals surface area contributed by atoms with E-state index in [1.807, 2.05) is 36.4 Å². The van der Waals surface area contributed by atoms with Gasteiger partial charge in [0.1, 0.15) is 17.3 Å². The van der Waals surface area contributed by atoms with Gasteiger partial charge in [-0.15, -0.1) is 6.42 Å². The third-order valence-corrected chi connectivity index (χ3v) is 5.63. The quantitative estimate of drug-likeness (QED) is 0.472. The number of fused-ring (bicyclic) bond motifs is 1. The van der Waals surface area contributed by atoms with Crippen molar-refractivity contribution in [3.05, 3.63) is 101 Å². The third-order valence-electron chi connectivity index (χ3n) is 5.63. The van der Waals surface area contributed by atoms with Gasteiger partial charge in [0, 0.05) is 22.4 Å². The van der Waals surface area contributed by atoms with Gasteiger partial charge in [-0.25, -0.2) is 4.39 Å². The maximum Gasteiger partial charge on any atom is 0.277 e. The Bertz CT molecular complexity index is 1330. The fraction of sp³-hybridized carbons (Fsp3) is 0.0769. The molecular weight excluding hydrogens is 405 g/mol. The standard InChI is InChI=1S/C26H18FN3O2/c1-3-16-4-12-20(13-5-16)30-25(18-6-10-19(27)11-7-18)22-23(28-29-24(22)26(30)31)17-8-14-21(32-2)15-9-17/h1,4-15,25H,2H3,(H,28,29). The number of rotatable bonds is 4. The number of hydrogen-bond acceptors (Lipinski definition) is 3. The summed E-state index contributed by atoms with van der Waals surface area (Å²) >= 11 is 0. The van der Waals surface area contributed by atoms with Crippen LogP contribution >= 0.6 is 0 Å². The molecule has 0 radical (unpaired) electrons. The summed E-state index contributed by atoms with van der Waals surface area (Å²) in [6.45, 7) is 0. The van der Waals surface area contributed by atoms with Gasteiger partial charge in [-0.1, -0.05) is 18.1 Å². The topological polar surface area (TPSA) is 58.2 Å². The predicted molar refractivity (Wildman–Crippen MR) is 120 cm³/mol. The first kappa shape index (κ1) is 19.6. The normalized spacial score (nSPS) is 14.8. The zero-order chi connectivity index (χ0) is 22.2. The number of halogens is 1. The number of benzene rings is 3. The summed E-state index contributed by atoms with van der Waals surface area (Å²) in [5.41, 5.74) is 4.84. The van der Waals surface area contributed by atoms with Crippen molar-refractivity contribution >= 4 is 11.6 Å². The summed E-state index contributed by atoms with van der Waals surface area (Å²) in [7, 11) is 1.60. The van der Waals surface area contributed by atoms with Gasteiger partial charge in [-0.2, -0.15) is 5.10 Å². The average molecular weight is 423 g/mol. The second-order valence-corrected chi connectivity index (χ2v) is 7.41. The van der Waals surface area contributed by atoms with Gasteiger partial charge in [0.15, 0.2) is 0 Å². The van der Waals surface area contributed by atoms with E-state index in [4.69, 9.17) is 11.2 Å². The molecule has 1 amide bonds. The molecule has 0 fully saturated rings. The van der Waals surface area contributed by atoms with Crippen molar-refractivity contribution in [3.8, 4) is 29.4 Å². The van der Waals surface area contributed by atoms with Gasteiger partial charge in [-0.05, 0) is 66.2 Å². The van der Waals surface area contributed by atoms with Gasteiger partial charge >= 0.3 is 0 Å². The van der Waals surface area contributed by atoms with Crippen LogP contribution in [0.15, 0.2) is 72.8 Å². The van der Waals surface area contributed by atoms with Crippen molar-refractivity contribution in [3.63, 3.8) is 0 Å². The minimum absolute atomic E-state index is 0.213. The number of aromatic amines is 1. The zero-order valence-electron chi connectivity index (χ0n) is 17.2. The Balaban J connectivity index is 1.68. The number of aromatic nitrogens is 2. The van der Waals surface area contributed by atoms with E-state index in [0.717, 1.165) is 28.0 Å². The lowest BCUT2D eigenvalue weighted by molar-refractivity contribution is 0.0989. The first-order valence-corrected chi connectivity index (χ1v) is 9.99. The monoisotopic (exact) mass is 423 g/mol. The molecule has 6 heteroatoms. The molecule has 0 aliphatic carbocycles. The Kier molecular flexibility index (Phi) is 4.72. The number of carbonyl (C=O) groups is 1. The highest BCUT2D eigenvalue weighted by Gasteiger charge is 2.43. The van der Waals surface area contributed by atoms with E-state index in [0.29, 0.717) is 17.1 Å². The second kappa shape index (κ2) is 7.71. The zero-order valence-corrected chi connectivity index (χ0v) is 17.2. The van der Waals surface area contributed by atoms with Gasteiger partial charge in [0.25, 0.3) is 5.91 Å². The Morgan fingerprint density at radius 3 is 2.34 bits per heavy atom. The molecule has 1 unspecified atom stereocenters. The molecule has 2 heterocycles. The number of nitrogens with zero attached hydrogens (tertiary/aromatic N) is 2. The maximum atomic E-state index is 13.7. The van der Waals surface area contributed by atoms with Gasteiger partial charge in [0.2, 0.25) is 0 Å². The molecular formula is C26H18FN3O2. The molecule has 156 valence electrons. The van der Waals surface area contributed by atoms with E-state index in [9.17, 15) is 9.18 Å². The van der Waals surface area contributed by atoms with E-state index < -0.39 is 6.04 Å². The molecule has 3 aromatic carbocycles. The molecule has 1 aliphatic heterocycles. The number of H-pyrrole nitrogens is 1. The Morgan fingerprint density at radius 2 is 1.72 bits per heavy atom. The van der Waals surface area contributed by atoms with Gasteiger partial charge in [-0.3, -0.25) is 14.8 Å². The molecule has 1 atom stereocenters. The molecule has 4 aromatic rings. The molecule has 5 rings (SSSR count). The number of carbonyl (C=O) groups excluding carboxylic acids is 1. The van der Waals surface area contributed by atoms with Crippen LogP contribution in [-0.2, 0) is 0 Å². The van der Waals surface area contributed by atoms with E-state index in [-0.39, 0.29) is 11.7 Å². The number of anilines is 1. The summed E-state index contributed by atoms with van der Waals surface area (Å²) < 4.78 is 18.9. The molecule has 0 saturated carbocycles. The fourth-order valence-electron chi connectivity index (χ4n) is 4.06. The molecule has 0 bridgehead atoms. The summed E-state index contributed by atoms with van der Waals surface area (Å²) in [5.74, 6) is 2.76. The van der Waals surface area contributed by atoms with Crippen LogP contribution in [0.3, 0.4) is 0 Å². The van der Waals surface area contributed by atoms with Gasteiger partial charge in [0.05, 0.1) is 18.8 Å². The summed E-state index contributed by atoms with van der Waals surface area (Å²) in [5, 5.41) is 7.37. The SMILES string of the molecule is C#Cc1ccc(N2C(=O)c3[nH]nc(-c4ccc(OC)cc4)c3C2c2ccc(F)cc2)cc1. The van der Waals surface area contributed by atoms with Crippen LogP contribution < -0.4 is 9.64 Å². The molecule has 1 N–H and O–H groups in total. The molecule has 1 aliphatic rings. The fourth-order valence-corrected chi connectivity index (χ4v) is 4.06. The average Bonchev–Trinajstić information content (AvgIpc) is 3.39. The molecule has 5 nitrogen and oxygen atoms in total. The van der Waals surface area contributed by atoms with Crippen LogP contribution in [0, 0.1) is 18.2 Å². The van der Waals surface area contributed by atoms with Crippen molar-refractivity contribution in [2.45, 2.75) is 6.04 Å². The molecule has 32 heavy (non-hydrogen) atoms. The Morgan fingerprint density at radius 1 is 1.03 bits per heavy atom. The van der Waals surface area contributed by atoms with Crippen LogP contribution in [0.5, 0.6) is 5.75 Å². The Labute approximate surface area is 184 Å². The lowest BCUT2D eigenvalue weighted by Gasteiger charge is -2.26. The van der Waals surface area contributed by atoms with Crippen LogP contribution in [0.2, 0.25) is 0 Å². The van der Waals surface area contributed by atoms with Crippen LogP contribution in [0.25, 0.3) is 11.3 Å². The first-order chi connectivity index (χ1) is 15.6. The predicted octanol–water partition coefficient (Wildman–Crippen LogP) is 4.96. The van der Waals surface area contributed by atoms with E-state index >= 15 is 0 Å². The van der Waals surface area contributed by atoms with Crippen molar-refractivity contribution < 1.29 is 13.9 Å². The second-order valence-electron chi connectivity index (χ2n) is 7.41. The number of methoxy groups -OCH3 is 1. The molecule has 0 spiro atoms. The summed E-state index contributed by atoms with van der Waals surface area (Å²) in [6.07, 6.45) is 5.48. The Hall–Kier alpha value is -4.37. The number of terminal acetylenes is 1. The van der Waals surface area contributed by atoms with E-state index in [2.05, 4.69) is 16.1 Å². The maximum absolute atomic E-state index is 13.7. The summed E-state index contributed by atoms with van der Waals surface area (Å²) in [4.78, 5) is 15.2. The lowest BCUT2D eigenvalue weighted by atomic mass is 9.95. The van der Waals surface area contributed by atoms with Crippen molar-refractivity contribution in [1.29, 1.82) is 0 Å². The van der Waals surface area contributed by atoms with Crippen molar-refractivity contribution in [1.82, 2.24) is 10.2 Å².